The van der Waals surface area contributed by atoms with Crippen LogP contribution in [0, 0.1) is 58.2 Å². The lowest BCUT2D eigenvalue weighted by atomic mass is 9.43. The summed E-state index contributed by atoms with van der Waals surface area (Å²) in [6.45, 7) is 14.9. The molecule has 0 aromatic carbocycles. The normalized spacial score (nSPS) is 49.3. The first-order chi connectivity index (χ1) is 14.6. The lowest BCUT2D eigenvalue weighted by Crippen LogP contribution is -2.58. The summed E-state index contributed by atoms with van der Waals surface area (Å²) in [6.07, 6.45) is 13.2. The van der Waals surface area contributed by atoms with E-state index in [0.29, 0.717) is 17.3 Å². The zero-order valence-corrected chi connectivity index (χ0v) is 21.4. The van der Waals surface area contributed by atoms with E-state index in [4.69, 9.17) is 0 Å². The molecule has 2 nitrogen and oxygen atoms in total. The number of hydrogen-bond acceptors (Lipinski definition) is 2. The van der Waals surface area contributed by atoms with E-state index in [1.165, 1.54) is 44.9 Å². The van der Waals surface area contributed by atoms with Gasteiger partial charge in [0.1, 0.15) is 0 Å². The van der Waals surface area contributed by atoms with Crippen molar-refractivity contribution in [2.24, 2.45) is 58.2 Å². The molecule has 0 aliphatic heterocycles. The van der Waals surface area contributed by atoms with Gasteiger partial charge in [0, 0.05) is 0 Å². The first-order valence-electron chi connectivity index (χ1n) is 14.0. The lowest BCUT2D eigenvalue weighted by Gasteiger charge is -2.62. The van der Waals surface area contributed by atoms with Gasteiger partial charge in [-0.15, -0.1) is 0 Å². The Bertz CT molecular complexity index is 616. The smallest absolute Gasteiger partial charge is 0.0577 e. The minimum Gasteiger partial charge on any atom is -0.393 e. The van der Waals surface area contributed by atoms with Crippen molar-refractivity contribution in [2.45, 2.75) is 124 Å². The van der Waals surface area contributed by atoms with Gasteiger partial charge in [-0.3, -0.25) is 0 Å². The van der Waals surface area contributed by atoms with Gasteiger partial charge in [0.25, 0.3) is 0 Å². The molecule has 0 amide bonds. The molecule has 4 aliphatic carbocycles. The minimum atomic E-state index is -0.198. The minimum absolute atomic E-state index is 0.187. The van der Waals surface area contributed by atoms with Crippen LogP contribution in [-0.4, -0.2) is 22.4 Å². The van der Waals surface area contributed by atoms with E-state index in [0.717, 1.165) is 61.2 Å². The van der Waals surface area contributed by atoms with Crippen molar-refractivity contribution < 1.29 is 10.2 Å². The second kappa shape index (κ2) is 8.94. The molecular weight excluding hydrogens is 380 g/mol. The quantitative estimate of drug-likeness (QED) is 0.471. The van der Waals surface area contributed by atoms with Crippen molar-refractivity contribution in [1.82, 2.24) is 0 Å². The van der Waals surface area contributed by atoms with Gasteiger partial charge in [-0.25, -0.2) is 0 Å². The summed E-state index contributed by atoms with van der Waals surface area (Å²) < 4.78 is 0. The summed E-state index contributed by atoms with van der Waals surface area (Å²) >= 11 is 0. The second-order valence-electron chi connectivity index (χ2n) is 13.4. The average Bonchev–Trinajstić information content (AvgIpc) is 3.07. The maximum atomic E-state index is 11.2. The molecule has 31 heavy (non-hydrogen) atoms. The topological polar surface area (TPSA) is 40.5 Å². The highest BCUT2D eigenvalue weighted by atomic mass is 16.3. The first-order valence-corrected chi connectivity index (χ1v) is 14.0. The molecule has 4 saturated carbocycles. The maximum Gasteiger partial charge on any atom is 0.0577 e. The van der Waals surface area contributed by atoms with E-state index in [2.05, 4.69) is 41.5 Å². The molecule has 0 radical (unpaired) electrons. The Morgan fingerprint density at radius 2 is 1.48 bits per heavy atom. The molecule has 180 valence electrons. The van der Waals surface area contributed by atoms with Crippen LogP contribution in [0.4, 0.5) is 0 Å². The third kappa shape index (κ3) is 4.05. The van der Waals surface area contributed by atoms with E-state index in [9.17, 15) is 10.2 Å². The van der Waals surface area contributed by atoms with Gasteiger partial charge in [0.05, 0.1) is 12.2 Å². The Kier molecular flexibility index (Phi) is 6.93. The Hall–Kier alpha value is -0.0800. The van der Waals surface area contributed by atoms with Gasteiger partial charge >= 0.3 is 0 Å². The Morgan fingerprint density at radius 1 is 0.806 bits per heavy atom. The standard InChI is InChI=1S/C29H52O2/c1-7-20(18(2)3)9-8-19(4)23-10-11-24-22-17-27(31)26-16-21(30)12-14-29(26,6)25(22)13-15-28(23,24)5/h18-27,30-31H,7-17H2,1-6H3. The second-order valence-corrected chi connectivity index (χ2v) is 13.4. The molecule has 2 N–H and O–H groups in total. The predicted octanol–water partition coefficient (Wildman–Crippen LogP) is 7.08. The van der Waals surface area contributed by atoms with Gasteiger partial charge in [-0.1, -0.05) is 54.4 Å². The molecule has 4 fully saturated rings. The number of rotatable bonds is 6. The molecule has 0 heterocycles. The van der Waals surface area contributed by atoms with E-state index >= 15 is 0 Å². The van der Waals surface area contributed by atoms with Crippen LogP contribution in [0.2, 0.25) is 0 Å². The summed E-state index contributed by atoms with van der Waals surface area (Å²) in [7, 11) is 0. The predicted molar refractivity (Wildman–Crippen MR) is 130 cm³/mol. The molecule has 4 rings (SSSR count). The summed E-state index contributed by atoms with van der Waals surface area (Å²) in [5, 5.41) is 21.5. The van der Waals surface area contributed by atoms with Crippen molar-refractivity contribution in [1.29, 1.82) is 0 Å². The van der Waals surface area contributed by atoms with Gasteiger partial charge in [0.15, 0.2) is 0 Å². The molecule has 11 atom stereocenters. The Balaban J connectivity index is 1.48. The lowest BCUT2D eigenvalue weighted by molar-refractivity contribution is -0.172. The van der Waals surface area contributed by atoms with Crippen LogP contribution >= 0.6 is 0 Å². The van der Waals surface area contributed by atoms with Crippen molar-refractivity contribution in [3.8, 4) is 0 Å². The highest BCUT2D eigenvalue weighted by Crippen LogP contribution is 2.68. The molecule has 2 heteroatoms. The van der Waals surface area contributed by atoms with E-state index in [-0.39, 0.29) is 17.6 Å². The molecule has 0 aromatic heterocycles. The van der Waals surface area contributed by atoms with Crippen LogP contribution in [0.25, 0.3) is 0 Å². The number of aliphatic hydroxyl groups is 2. The summed E-state index contributed by atoms with van der Waals surface area (Å²) in [4.78, 5) is 0. The molecule has 4 aliphatic rings. The van der Waals surface area contributed by atoms with Crippen LogP contribution in [0.5, 0.6) is 0 Å². The molecule has 0 saturated heterocycles. The van der Waals surface area contributed by atoms with Crippen molar-refractivity contribution in [3.05, 3.63) is 0 Å². The number of aliphatic hydroxyl groups excluding tert-OH is 2. The highest BCUT2D eigenvalue weighted by Gasteiger charge is 2.62. The van der Waals surface area contributed by atoms with Crippen LogP contribution in [0.1, 0.15) is 112 Å². The molecule has 11 unspecified atom stereocenters. The van der Waals surface area contributed by atoms with Crippen molar-refractivity contribution in [3.63, 3.8) is 0 Å². The third-order valence-electron chi connectivity index (χ3n) is 11.9. The monoisotopic (exact) mass is 432 g/mol. The number of fused-ring (bicyclic) bond motifs is 5. The van der Waals surface area contributed by atoms with E-state index < -0.39 is 0 Å². The molecular formula is C29H52O2. The average molecular weight is 433 g/mol. The van der Waals surface area contributed by atoms with Gasteiger partial charge in [-0.2, -0.15) is 0 Å². The summed E-state index contributed by atoms with van der Waals surface area (Å²) in [5.74, 6) is 6.01. The fourth-order valence-corrected chi connectivity index (χ4v) is 9.94. The summed E-state index contributed by atoms with van der Waals surface area (Å²) in [5.41, 5.74) is 0.732. The van der Waals surface area contributed by atoms with Crippen LogP contribution in [0.3, 0.4) is 0 Å². The van der Waals surface area contributed by atoms with E-state index in [1.807, 2.05) is 0 Å². The molecule has 0 bridgehead atoms. The van der Waals surface area contributed by atoms with Gasteiger partial charge in [0.2, 0.25) is 0 Å². The van der Waals surface area contributed by atoms with Crippen LogP contribution in [-0.2, 0) is 0 Å². The first kappa shape index (κ1) is 24.1. The van der Waals surface area contributed by atoms with E-state index in [1.54, 1.807) is 0 Å². The van der Waals surface area contributed by atoms with Crippen molar-refractivity contribution >= 4 is 0 Å². The summed E-state index contributed by atoms with van der Waals surface area (Å²) in [6, 6.07) is 0. The van der Waals surface area contributed by atoms with Crippen LogP contribution in [0.15, 0.2) is 0 Å². The maximum absolute atomic E-state index is 11.2. The zero-order valence-electron chi connectivity index (χ0n) is 21.4. The fourth-order valence-electron chi connectivity index (χ4n) is 9.94. The number of hydrogen-bond donors (Lipinski definition) is 2. The Morgan fingerprint density at radius 3 is 2.16 bits per heavy atom. The fraction of sp³-hybridized carbons (Fsp3) is 1.00. The zero-order chi connectivity index (χ0) is 22.6. The Labute approximate surface area is 193 Å². The molecule has 0 spiro atoms. The highest BCUT2D eigenvalue weighted by molar-refractivity contribution is 5.11. The van der Waals surface area contributed by atoms with Crippen LogP contribution < -0.4 is 0 Å². The van der Waals surface area contributed by atoms with Gasteiger partial charge in [-0.05, 0) is 116 Å². The van der Waals surface area contributed by atoms with Gasteiger partial charge < -0.3 is 10.2 Å². The third-order valence-corrected chi connectivity index (χ3v) is 11.9. The SMILES string of the molecule is CCC(CCC(C)C1CCC2C3CC(O)C4CC(O)CCC4(C)C3CCC12C)C(C)C. The molecule has 0 aromatic rings. The largest absolute Gasteiger partial charge is 0.393 e. The van der Waals surface area contributed by atoms with Crippen molar-refractivity contribution in [2.75, 3.05) is 0 Å².